The van der Waals surface area contributed by atoms with E-state index in [-0.39, 0.29) is 18.6 Å². The fraction of sp³-hybridized carbons (Fsp3) is 0.368. The lowest BCUT2D eigenvalue weighted by Gasteiger charge is -2.27. The number of nitrogens with zero attached hydrogens (tertiary/aromatic N) is 3. The summed E-state index contributed by atoms with van der Waals surface area (Å²) in [4.78, 5) is 19.6. The first-order chi connectivity index (χ1) is 13.3. The van der Waals surface area contributed by atoms with Gasteiger partial charge in [0.2, 0.25) is 0 Å². The molecule has 0 saturated carbocycles. The van der Waals surface area contributed by atoms with Crippen LogP contribution in [0, 0.1) is 0 Å². The molecule has 1 aromatic carbocycles. The number of aromatic nitrogens is 2. The highest BCUT2D eigenvalue weighted by Crippen LogP contribution is 2.31. The second kappa shape index (κ2) is 7.92. The molecule has 28 heavy (non-hydrogen) atoms. The van der Waals surface area contributed by atoms with E-state index in [1.165, 1.54) is 23.5 Å². The minimum atomic E-state index is -4.39. The quantitative estimate of drug-likeness (QED) is 0.658. The molecule has 0 spiro atoms. The second-order valence-corrected chi connectivity index (χ2v) is 7.26. The Labute approximate surface area is 164 Å². The van der Waals surface area contributed by atoms with E-state index < -0.39 is 11.7 Å². The molecule has 0 aliphatic heterocycles. The molecule has 1 unspecified atom stereocenters. The highest BCUT2D eigenvalue weighted by Gasteiger charge is 2.30. The van der Waals surface area contributed by atoms with Gasteiger partial charge in [-0.2, -0.15) is 13.2 Å². The fourth-order valence-electron chi connectivity index (χ4n) is 3.05. The van der Waals surface area contributed by atoms with Crippen molar-refractivity contribution in [3.05, 3.63) is 47.1 Å². The number of imidazole rings is 1. The summed E-state index contributed by atoms with van der Waals surface area (Å²) in [7, 11) is 0. The lowest BCUT2D eigenvalue weighted by Crippen LogP contribution is -2.39. The van der Waals surface area contributed by atoms with Crippen molar-refractivity contribution in [1.82, 2.24) is 14.3 Å². The van der Waals surface area contributed by atoms with E-state index in [4.69, 9.17) is 5.11 Å². The molecule has 150 valence electrons. The summed E-state index contributed by atoms with van der Waals surface area (Å²) in [5, 5.41) is 10.9. The van der Waals surface area contributed by atoms with Crippen LogP contribution < -0.4 is 0 Å². The van der Waals surface area contributed by atoms with Crippen LogP contribution in [0.15, 0.2) is 35.8 Å². The standard InChI is InChI=1S/C19H20F3N3O2S/c1-3-24(12(2)8-9-26)17(27)16-11-28-18-23-15(10-25(16)18)13-4-6-14(7-5-13)19(20,21)22/h4-7,10-12,26H,3,8-9H2,1-2H3. The zero-order valence-corrected chi connectivity index (χ0v) is 16.2. The number of carbonyl (C=O) groups is 1. The summed E-state index contributed by atoms with van der Waals surface area (Å²) in [5.74, 6) is -0.175. The van der Waals surface area contributed by atoms with Crippen LogP contribution in [0.5, 0.6) is 0 Å². The van der Waals surface area contributed by atoms with Crippen molar-refractivity contribution >= 4 is 22.2 Å². The van der Waals surface area contributed by atoms with Crippen LogP contribution in [0.3, 0.4) is 0 Å². The van der Waals surface area contributed by atoms with Gasteiger partial charge in [-0.1, -0.05) is 12.1 Å². The molecule has 0 bridgehead atoms. The van der Waals surface area contributed by atoms with Gasteiger partial charge < -0.3 is 10.0 Å². The highest BCUT2D eigenvalue weighted by atomic mass is 32.1. The van der Waals surface area contributed by atoms with Gasteiger partial charge in [0.25, 0.3) is 5.91 Å². The number of amides is 1. The second-order valence-electron chi connectivity index (χ2n) is 6.43. The number of aliphatic hydroxyl groups excluding tert-OH is 1. The number of aliphatic hydroxyl groups is 1. The third-order valence-corrected chi connectivity index (χ3v) is 5.46. The van der Waals surface area contributed by atoms with Gasteiger partial charge in [-0.25, -0.2) is 4.98 Å². The van der Waals surface area contributed by atoms with Gasteiger partial charge >= 0.3 is 6.18 Å². The Morgan fingerprint density at radius 1 is 1.32 bits per heavy atom. The Morgan fingerprint density at radius 3 is 2.57 bits per heavy atom. The van der Waals surface area contributed by atoms with E-state index in [9.17, 15) is 18.0 Å². The van der Waals surface area contributed by atoms with Crippen LogP contribution in [0.2, 0.25) is 0 Å². The maximum Gasteiger partial charge on any atom is 0.416 e. The molecule has 1 amide bonds. The maximum absolute atomic E-state index is 12.9. The molecule has 1 atom stereocenters. The summed E-state index contributed by atoms with van der Waals surface area (Å²) < 4.78 is 39.9. The molecule has 1 N–H and O–H groups in total. The molecule has 3 rings (SSSR count). The van der Waals surface area contributed by atoms with E-state index in [1.54, 1.807) is 20.9 Å². The topological polar surface area (TPSA) is 57.8 Å². The van der Waals surface area contributed by atoms with E-state index in [2.05, 4.69) is 4.98 Å². The Morgan fingerprint density at radius 2 is 2.00 bits per heavy atom. The van der Waals surface area contributed by atoms with Crippen molar-refractivity contribution in [3.8, 4) is 11.3 Å². The van der Waals surface area contributed by atoms with Gasteiger partial charge in [0.1, 0.15) is 5.69 Å². The molecule has 5 nitrogen and oxygen atoms in total. The van der Waals surface area contributed by atoms with Crippen molar-refractivity contribution in [3.63, 3.8) is 0 Å². The molecule has 9 heteroatoms. The first-order valence-electron chi connectivity index (χ1n) is 8.82. The average molecular weight is 411 g/mol. The fourth-order valence-corrected chi connectivity index (χ4v) is 3.90. The first kappa shape index (κ1) is 20.3. The van der Waals surface area contributed by atoms with Gasteiger partial charge in [-0.15, -0.1) is 11.3 Å². The summed E-state index contributed by atoms with van der Waals surface area (Å²) >= 11 is 1.29. The molecule has 2 heterocycles. The van der Waals surface area contributed by atoms with E-state index in [0.29, 0.717) is 34.9 Å². The summed E-state index contributed by atoms with van der Waals surface area (Å²) in [6.45, 7) is 4.24. The number of thiazole rings is 1. The molecule has 0 aliphatic carbocycles. The predicted molar refractivity (Wildman–Crippen MR) is 101 cm³/mol. The van der Waals surface area contributed by atoms with Crippen molar-refractivity contribution in [2.75, 3.05) is 13.2 Å². The van der Waals surface area contributed by atoms with Crippen LogP contribution in [0.4, 0.5) is 13.2 Å². The average Bonchev–Trinajstić information content (AvgIpc) is 3.22. The van der Waals surface area contributed by atoms with Gasteiger partial charge in [-0.3, -0.25) is 9.20 Å². The number of rotatable bonds is 6. The van der Waals surface area contributed by atoms with Gasteiger partial charge in [0, 0.05) is 36.3 Å². The Kier molecular flexibility index (Phi) is 5.76. The molecular formula is C19H20F3N3O2S. The zero-order valence-electron chi connectivity index (χ0n) is 15.4. The SMILES string of the molecule is CCN(C(=O)c1csc2nc(-c3ccc(C(F)(F)F)cc3)cn12)C(C)CCO. The molecular weight excluding hydrogens is 391 g/mol. The Bertz CT molecular complexity index is 963. The van der Waals surface area contributed by atoms with E-state index in [0.717, 1.165) is 12.1 Å². The number of benzene rings is 1. The van der Waals surface area contributed by atoms with Crippen LogP contribution in [-0.4, -0.2) is 44.5 Å². The highest BCUT2D eigenvalue weighted by molar-refractivity contribution is 7.15. The molecule has 0 fully saturated rings. The van der Waals surface area contributed by atoms with Crippen LogP contribution in [0.25, 0.3) is 16.2 Å². The first-order valence-corrected chi connectivity index (χ1v) is 9.70. The molecule has 0 saturated heterocycles. The van der Waals surface area contributed by atoms with Crippen LogP contribution in [0.1, 0.15) is 36.3 Å². The largest absolute Gasteiger partial charge is 0.416 e. The minimum absolute atomic E-state index is 0.00681. The van der Waals surface area contributed by atoms with Crippen LogP contribution in [-0.2, 0) is 6.18 Å². The molecule has 2 aromatic heterocycles. The minimum Gasteiger partial charge on any atom is -0.396 e. The van der Waals surface area contributed by atoms with Crippen molar-refractivity contribution in [2.24, 2.45) is 0 Å². The third kappa shape index (κ3) is 3.90. The number of hydrogen-bond acceptors (Lipinski definition) is 4. The number of halogens is 3. The number of hydrogen-bond donors (Lipinski definition) is 1. The summed E-state index contributed by atoms with van der Waals surface area (Å²) in [5.41, 5.74) is 0.770. The predicted octanol–water partition coefficient (Wildman–Crippen LogP) is 4.31. The van der Waals surface area contributed by atoms with E-state index in [1.807, 2.05) is 13.8 Å². The normalized spacial score (nSPS) is 13.1. The number of carbonyl (C=O) groups excluding carboxylic acids is 1. The van der Waals surface area contributed by atoms with E-state index >= 15 is 0 Å². The van der Waals surface area contributed by atoms with Crippen molar-refractivity contribution in [2.45, 2.75) is 32.5 Å². The molecule has 0 aliphatic rings. The van der Waals surface area contributed by atoms with Gasteiger partial charge in [0.15, 0.2) is 4.96 Å². The van der Waals surface area contributed by atoms with Crippen LogP contribution >= 0.6 is 11.3 Å². The Balaban J connectivity index is 1.92. The molecule has 3 aromatic rings. The van der Waals surface area contributed by atoms with Crippen molar-refractivity contribution in [1.29, 1.82) is 0 Å². The van der Waals surface area contributed by atoms with Gasteiger partial charge in [-0.05, 0) is 32.4 Å². The number of alkyl halides is 3. The zero-order chi connectivity index (χ0) is 20.5. The Hall–Kier alpha value is -2.39. The molecule has 0 radical (unpaired) electrons. The summed E-state index contributed by atoms with van der Waals surface area (Å²) in [6, 6.07) is 4.67. The number of fused-ring (bicyclic) bond motifs is 1. The monoisotopic (exact) mass is 411 g/mol. The lowest BCUT2D eigenvalue weighted by molar-refractivity contribution is -0.137. The van der Waals surface area contributed by atoms with Gasteiger partial charge in [0.05, 0.1) is 11.3 Å². The third-order valence-electron chi connectivity index (χ3n) is 4.62. The smallest absolute Gasteiger partial charge is 0.396 e. The maximum atomic E-state index is 12.9. The lowest BCUT2D eigenvalue weighted by atomic mass is 10.1. The summed E-state index contributed by atoms with van der Waals surface area (Å²) in [6.07, 6.45) is -2.25. The van der Waals surface area contributed by atoms with Crippen molar-refractivity contribution < 1.29 is 23.1 Å².